The largest absolute Gasteiger partial charge is 0.265 e. The number of fused-ring (bicyclic) bond motifs is 1. The van der Waals surface area contributed by atoms with Gasteiger partial charge >= 0.3 is 0 Å². The minimum atomic E-state index is -0.331. The van der Waals surface area contributed by atoms with Gasteiger partial charge in [0.15, 0.2) is 0 Å². The fourth-order valence-corrected chi connectivity index (χ4v) is 3.12. The highest BCUT2D eigenvalue weighted by Crippen LogP contribution is 2.29. The van der Waals surface area contributed by atoms with Crippen molar-refractivity contribution in [3.05, 3.63) is 95.0 Å². The Hall–Kier alpha value is -2.78. The van der Waals surface area contributed by atoms with Gasteiger partial charge in [0.25, 0.3) is 0 Å². The van der Waals surface area contributed by atoms with Crippen LogP contribution in [0.5, 0.6) is 0 Å². The summed E-state index contributed by atoms with van der Waals surface area (Å²) < 4.78 is 14.3. The monoisotopic (exact) mass is 348 g/mol. The molecule has 0 atom stereocenters. The number of para-hydroxylation sites is 1. The minimum Gasteiger partial charge on any atom is -0.265 e. The van der Waals surface area contributed by atoms with Crippen molar-refractivity contribution in [2.45, 2.75) is 6.42 Å². The van der Waals surface area contributed by atoms with E-state index in [1.807, 2.05) is 42.5 Å². The highest BCUT2D eigenvalue weighted by Gasteiger charge is 2.12. The second kappa shape index (κ2) is 6.61. The topological polar surface area (TPSA) is 25.8 Å². The van der Waals surface area contributed by atoms with Gasteiger partial charge in [-0.3, -0.25) is 4.98 Å². The summed E-state index contributed by atoms with van der Waals surface area (Å²) in [6, 6.07) is 18.3. The average molecular weight is 349 g/mol. The lowest BCUT2D eigenvalue weighted by molar-refractivity contribution is 0.631. The van der Waals surface area contributed by atoms with E-state index in [0.717, 1.165) is 28.5 Å². The summed E-state index contributed by atoms with van der Waals surface area (Å²) in [6.07, 6.45) is 4.27. The van der Waals surface area contributed by atoms with E-state index in [1.54, 1.807) is 24.5 Å². The molecule has 4 heteroatoms. The van der Waals surface area contributed by atoms with Crippen LogP contribution in [-0.2, 0) is 6.42 Å². The molecule has 0 radical (unpaired) electrons. The smallest absolute Gasteiger partial charge is 0.132 e. The van der Waals surface area contributed by atoms with Crippen LogP contribution in [0.4, 0.5) is 4.39 Å². The zero-order valence-corrected chi connectivity index (χ0v) is 14.0. The van der Waals surface area contributed by atoms with Gasteiger partial charge in [0.1, 0.15) is 5.82 Å². The first-order chi connectivity index (χ1) is 12.2. The SMILES string of the molecule is Fc1ccc(Cl)cc1-c1cc(Cc2ccncc2)c2ccccc2n1. The number of hydrogen-bond donors (Lipinski definition) is 0. The Bertz CT molecular complexity index is 1050. The molecule has 0 unspecified atom stereocenters. The maximum absolute atomic E-state index is 14.3. The van der Waals surface area contributed by atoms with Crippen molar-refractivity contribution in [3.8, 4) is 11.3 Å². The van der Waals surface area contributed by atoms with Crippen LogP contribution in [0.25, 0.3) is 22.2 Å². The lowest BCUT2D eigenvalue weighted by atomic mass is 9.99. The molecular weight excluding hydrogens is 335 g/mol. The Balaban J connectivity index is 1.91. The predicted molar refractivity (Wildman–Crippen MR) is 99.2 cm³/mol. The fraction of sp³-hybridized carbons (Fsp3) is 0.0476. The van der Waals surface area contributed by atoms with E-state index in [9.17, 15) is 4.39 Å². The molecule has 0 spiro atoms. The number of hydrogen-bond acceptors (Lipinski definition) is 2. The lowest BCUT2D eigenvalue weighted by Crippen LogP contribution is -1.96. The lowest BCUT2D eigenvalue weighted by Gasteiger charge is -2.11. The van der Waals surface area contributed by atoms with Gasteiger partial charge in [0.2, 0.25) is 0 Å². The van der Waals surface area contributed by atoms with Crippen molar-refractivity contribution >= 4 is 22.5 Å². The Morgan fingerprint density at radius 1 is 0.920 bits per heavy atom. The molecule has 2 aromatic carbocycles. The van der Waals surface area contributed by atoms with Gasteiger partial charge in [-0.2, -0.15) is 0 Å². The molecule has 0 N–H and O–H groups in total. The third-order valence-electron chi connectivity index (χ3n) is 4.15. The van der Waals surface area contributed by atoms with Crippen LogP contribution in [0.15, 0.2) is 73.1 Å². The van der Waals surface area contributed by atoms with Crippen LogP contribution < -0.4 is 0 Å². The van der Waals surface area contributed by atoms with Crippen LogP contribution in [0, 0.1) is 5.82 Å². The molecule has 4 aromatic rings. The molecule has 4 rings (SSSR count). The molecule has 0 aliphatic carbocycles. The van der Waals surface area contributed by atoms with Crippen molar-refractivity contribution in [3.63, 3.8) is 0 Å². The highest BCUT2D eigenvalue weighted by atomic mass is 35.5. The first-order valence-corrected chi connectivity index (χ1v) is 8.31. The molecule has 25 heavy (non-hydrogen) atoms. The van der Waals surface area contributed by atoms with E-state index in [4.69, 9.17) is 11.6 Å². The number of rotatable bonds is 3. The van der Waals surface area contributed by atoms with Crippen LogP contribution >= 0.6 is 11.6 Å². The second-order valence-electron chi connectivity index (χ2n) is 5.84. The number of pyridine rings is 2. The Kier molecular flexibility index (Phi) is 4.16. The number of halogens is 2. The quantitative estimate of drug-likeness (QED) is 0.476. The summed E-state index contributed by atoms with van der Waals surface area (Å²) in [5.74, 6) is -0.331. The van der Waals surface area contributed by atoms with Crippen molar-refractivity contribution in [1.82, 2.24) is 9.97 Å². The molecule has 0 saturated heterocycles. The zero-order chi connectivity index (χ0) is 17.2. The average Bonchev–Trinajstić information content (AvgIpc) is 2.64. The zero-order valence-electron chi connectivity index (χ0n) is 13.3. The third-order valence-corrected chi connectivity index (χ3v) is 4.39. The van der Waals surface area contributed by atoms with Gasteiger partial charge in [-0.25, -0.2) is 9.37 Å². The molecule has 0 bridgehead atoms. The summed E-state index contributed by atoms with van der Waals surface area (Å²) in [5.41, 5.74) is 4.07. The summed E-state index contributed by atoms with van der Waals surface area (Å²) in [6.45, 7) is 0. The van der Waals surface area contributed by atoms with E-state index < -0.39 is 0 Å². The number of nitrogens with zero attached hydrogens (tertiary/aromatic N) is 2. The first kappa shape index (κ1) is 15.7. The van der Waals surface area contributed by atoms with Crippen LogP contribution in [-0.4, -0.2) is 9.97 Å². The fourth-order valence-electron chi connectivity index (χ4n) is 2.95. The van der Waals surface area contributed by atoms with E-state index >= 15 is 0 Å². The van der Waals surface area contributed by atoms with Gasteiger partial charge in [-0.05, 0) is 60.0 Å². The molecule has 0 amide bonds. The van der Waals surface area contributed by atoms with Crippen LogP contribution in [0.2, 0.25) is 5.02 Å². The van der Waals surface area contributed by atoms with Crippen molar-refractivity contribution < 1.29 is 4.39 Å². The Morgan fingerprint density at radius 2 is 1.72 bits per heavy atom. The van der Waals surface area contributed by atoms with E-state index in [0.29, 0.717) is 16.3 Å². The van der Waals surface area contributed by atoms with Crippen molar-refractivity contribution in [2.75, 3.05) is 0 Å². The molecular formula is C21H14ClFN2. The maximum Gasteiger partial charge on any atom is 0.132 e. The van der Waals surface area contributed by atoms with Gasteiger partial charge in [-0.15, -0.1) is 0 Å². The summed E-state index contributed by atoms with van der Waals surface area (Å²) in [5, 5.41) is 1.55. The molecule has 2 heterocycles. The number of benzene rings is 2. The highest BCUT2D eigenvalue weighted by molar-refractivity contribution is 6.30. The van der Waals surface area contributed by atoms with Gasteiger partial charge in [0, 0.05) is 28.4 Å². The van der Waals surface area contributed by atoms with E-state index in [1.165, 1.54) is 6.07 Å². The Labute approximate surface area is 150 Å². The Morgan fingerprint density at radius 3 is 2.56 bits per heavy atom. The van der Waals surface area contributed by atoms with Crippen molar-refractivity contribution in [1.29, 1.82) is 0 Å². The second-order valence-corrected chi connectivity index (χ2v) is 6.28. The van der Waals surface area contributed by atoms with Crippen LogP contribution in [0.1, 0.15) is 11.1 Å². The molecule has 0 aliphatic heterocycles. The number of aromatic nitrogens is 2. The van der Waals surface area contributed by atoms with Crippen molar-refractivity contribution in [2.24, 2.45) is 0 Å². The van der Waals surface area contributed by atoms with E-state index in [2.05, 4.69) is 9.97 Å². The van der Waals surface area contributed by atoms with Gasteiger partial charge in [-0.1, -0.05) is 29.8 Å². The normalized spacial score (nSPS) is 11.0. The first-order valence-electron chi connectivity index (χ1n) is 7.94. The molecule has 0 aliphatic rings. The van der Waals surface area contributed by atoms with E-state index in [-0.39, 0.29) is 5.82 Å². The minimum absolute atomic E-state index is 0.331. The van der Waals surface area contributed by atoms with Crippen LogP contribution in [0.3, 0.4) is 0 Å². The van der Waals surface area contributed by atoms with Gasteiger partial charge in [0.05, 0.1) is 11.2 Å². The molecule has 122 valence electrons. The summed E-state index contributed by atoms with van der Waals surface area (Å²) >= 11 is 6.05. The standard InChI is InChI=1S/C21H14ClFN2/c22-16-5-6-19(23)18(13-16)21-12-15(11-14-7-9-24-10-8-14)17-3-1-2-4-20(17)25-21/h1-10,12-13H,11H2. The molecule has 0 fully saturated rings. The third kappa shape index (κ3) is 3.24. The summed E-state index contributed by atoms with van der Waals surface area (Å²) in [7, 11) is 0. The predicted octanol–water partition coefficient (Wildman–Crippen LogP) is 5.68. The molecule has 2 aromatic heterocycles. The maximum atomic E-state index is 14.3. The molecule has 0 saturated carbocycles. The molecule has 2 nitrogen and oxygen atoms in total. The van der Waals surface area contributed by atoms with Gasteiger partial charge < -0.3 is 0 Å². The summed E-state index contributed by atoms with van der Waals surface area (Å²) in [4.78, 5) is 8.70.